The van der Waals surface area contributed by atoms with Crippen LogP contribution < -0.4 is 0 Å². The summed E-state index contributed by atoms with van der Waals surface area (Å²) in [5.41, 5.74) is 2.45. The molecule has 0 amide bonds. The van der Waals surface area contributed by atoms with E-state index in [0.29, 0.717) is 0 Å². The van der Waals surface area contributed by atoms with Gasteiger partial charge in [-0.3, -0.25) is 4.90 Å². The van der Waals surface area contributed by atoms with Crippen LogP contribution in [0.4, 0.5) is 0 Å². The van der Waals surface area contributed by atoms with Crippen LogP contribution >= 0.6 is 15.9 Å². The van der Waals surface area contributed by atoms with Gasteiger partial charge in [-0.05, 0) is 54.0 Å². The van der Waals surface area contributed by atoms with Gasteiger partial charge in [0.25, 0.3) is 0 Å². The van der Waals surface area contributed by atoms with Gasteiger partial charge < -0.3 is 4.98 Å². The van der Waals surface area contributed by atoms with Crippen LogP contribution in [-0.2, 0) is 6.54 Å². The number of likely N-dealkylation sites (tertiary alicyclic amines) is 1. The van der Waals surface area contributed by atoms with Gasteiger partial charge in [0, 0.05) is 29.3 Å². The molecule has 0 spiro atoms. The summed E-state index contributed by atoms with van der Waals surface area (Å²) in [6.07, 6.45) is 4.59. The van der Waals surface area contributed by atoms with Crippen molar-refractivity contribution in [3.63, 3.8) is 0 Å². The van der Waals surface area contributed by atoms with Crippen molar-refractivity contribution in [1.29, 1.82) is 0 Å². The number of halogens is 1. The van der Waals surface area contributed by atoms with Crippen molar-refractivity contribution in [3.05, 3.63) is 28.6 Å². The zero-order valence-electron chi connectivity index (χ0n) is 9.04. The molecule has 2 aromatic rings. The van der Waals surface area contributed by atoms with Gasteiger partial charge in [0.05, 0.1) is 0 Å². The molecule has 3 nitrogen and oxygen atoms in total. The first-order chi connectivity index (χ1) is 7.81. The summed E-state index contributed by atoms with van der Waals surface area (Å²) in [7, 11) is 0. The van der Waals surface area contributed by atoms with Crippen molar-refractivity contribution in [2.75, 3.05) is 13.1 Å². The first kappa shape index (κ1) is 10.3. The molecule has 3 heterocycles. The zero-order valence-corrected chi connectivity index (χ0v) is 10.6. The van der Waals surface area contributed by atoms with Crippen molar-refractivity contribution in [2.45, 2.75) is 19.4 Å². The Kier molecular flexibility index (Phi) is 2.69. The second kappa shape index (κ2) is 4.18. The molecular formula is C12H14BrN3. The lowest BCUT2D eigenvalue weighted by Crippen LogP contribution is -2.18. The number of pyridine rings is 1. The Hall–Kier alpha value is -0.870. The normalized spacial score (nSPS) is 17.3. The van der Waals surface area contributed by atoms with E-state index in [9.17, 15) is 0 Å². The highest BCUT2D eigenvalue weighted by Crippen LogP contribution is 2.20. The number of rotatable bonds is 2. The van der Waals surface area contributed by atoms with Crippen molar-refractivity contribution in [2.24, 2.45) is 0 Å². The number of fused-ring (bicyclic) bond motifs is 1. The number of aromatic nitrogens is 2. The predicted molar refractivity (Wildman–Crippen MR) is 68.3 cm³/mol. The fourth-order valence-electron chi connectivity index (χ4n) is 2.33. The van der Waals surface area contributed by atoms with Crippen molar-refractivity contribution in [3.8, 4) is 0 Å². The average molecular weight is 280 g/mol. The van der Waals surface area contributed by atoms with Crippen molar-refractivity contribution < 1.29 is 0 Å². The molecule has 1 aliphatic heterocycles. The molecule has 0 atom stereocenters. The Morgan fingerprint density at radius 1 is 1.31 bits per heavy atom. The van der Waals surface area contributed by atoms with Gasteiger partial charge in [0.2, 0.25) is 0 Å². The zero-order chi connectivity index (χ0) is 11.0. The summed E-state index contributed by atoms with van der Waals surface area (Å²) >= 11 is 3.39. The predicted octanol–water partition coefficient (Wildman–Crippen LogP) is 2.92. The monoisotopic (exact) mass is 279 g/mol. The van der Waals surface area contributed by atoms with Gasteiger partial charge in [0.15, 0.2) is 0 Å². The Balaban J connectivity index is 1.86. The first-order valence-electron chi connectivity index (χ1n) is 5.67. The summed E-state index contributed by atoms with van der Waals surface area (Å²) in [6.45, 7) is 3.50. The maximum Gasteiger partial charge on any atom is 0.108 e. The Morgan fingerprint density at radius 2 is 2.12 bits per heavy atom. The van der Waals surface area contributed by atoms with Crippen LogP contribution in [0.25, 0.3) is 10.9 Å². The lowest BCUT2D eigenvalue weighted by atomic mass is 10.3. The molecule has 0 aliphatic carbocycles. The lowest BCUT2D eigenvalue weighted by molar-refractivity contribution is 0.328. The van der Waals surface area contributed by atoms with E-state index in [4.69, 9.17) is 0 Å². The number of hydrogen-bond acceptors (Lipinski definition) is 2. The van der Waals surface area contributed by atoms with Crippen LogP contribution in [0.3, 0.4) is 0 Å². The topological polar surface area (TPSA) is 31.9 Å². The standard InChI is InChI=1S/C12H14BrN3/c13-12-6-11-9(7-14-12)5-10(15-11)8-16-3-1-2-4-16/h5-7,15H,1-4,8H2. The molecule has 0 aromatic carbocycles. The van der Waals surface area contributed by atoms with Gasteiger partial charge in [-0.15, -0.1) is 0 Å². The Morgan fingerprint density at radius 3 is 2.94 bits per heavy atom. The van der Waals surface area contributed by atoms with E-state index in [1.165, 1.54) is 37.0 Å². The van der Waals surface area contributed by atoms with Crippen LogP contribution in [-0.4, -0.2) is 28.0 Å². The van der Waals surface area contributed by atoms with Crippen molar-refractivity contribution in [1.82, 2.24) is 14.9 Å². The molecule has 0 bridgehead atoms. The number of H-pyrrole nitrogens is 1. The van der Waals surface area contributed by atoms with Gasteiger partial charge >= 0.3 is 0 Å². The quantitative estimate of drug-likeness (QED) is 0.858. The fourth-order valence-corrected chi connectivity index (χ4v) is 2.66. The number of aromatic amines is 1. The van der Waals surface area contributed by atoms with E-state index in [-0.39, 0.29) is 0 Å². The number of hydrogen-bond donors (Lipinski definition) is 1. The van der Waals surface area contributed by atoms with E-state index in [2.05, 4.69) is 36.9 Å². The van der Waals surface area contributed by atoms with Crippen molar-refractivity contribution >= 4 is 26.8 Å². The number of nitrogens with one attached hydrogen (secondary N) is 1. The van der Waals surface area contributed by atoms with Crippen LogP contribution in [0.1, 0.15) is 18.5 Å². The van der Waals surface area contributed by atoms with Crippen LogP contribution in [0.2, 0.25) is 0 Å². The van der Waals surface area contributed by atoms with Crippen LogP contribution in [0.15, 0.2) is 22.9 Å². The van der Waals surface area contributed by atoms with E-state index in [0.717, 1.165) is 16.7 Å². The molecule has 0 unspecified atom stereocenters. The molecule has 1 N–H and O–H groups in total. The summed E-state index contributed by atoms with van der Waals surface area (Å²) in [5.74, 6) is 0. The first-order valence-corrected chi connectivity index (χ1v) is 6.46. The summed E-state index contributed by atoms with van der Waals surface area (Å²) in [5, 5.41) is 1.19. The smallest absolute Gasteiger partial charge is 0.108 e. The van der Waals surface area contributed by atoms with Gasteiger partial charge in [-0.1, -0.05) is 0 Å². The van der Waals surface area contributed by atoms with Crippen LogP contribution in [0, 0.1) is 0 Å². The molecule has 1 saturated heterocycles. The van der Waals surface area contributed by atoms with Gasteiger partial charge in [-0.2, -0.15) is 0 Å². The maximum atomic E-state index is 4.24. The molecular weight excluding hydrogens is 266 g/mol. The molecule has 1 fully saturated rings. The van der Waals surface area contributed by atoms with E-state index in [1.54, 1.807) is 0 Å². The lowest BCUT2D eigenvalue weighted by Gasteiger charge is -2.12. The molecule has 0 saturated carbocycles. The van der Waals surface area contributed by atoms with Crippen LogP contribution in [0.5, 0.6) is 0 Å². The third-order valence-corrected chi connectivity index (χ3v) is 3.55. The maximum absolute atomic E-state index is 4.24. The number of nitrogens with zero attached hydrogens (tertiary/aromatic N) is 2. The minimum atomic E-state index is 0.884. The molecule has 0 radical (unpaired) electrons. The van der Waals surface area contributed by atoms with E-state index < -0.39 is 0 Å². The average Bonchev–Trinajstić information content (AvgIpc) is 2.86. The second-order valence-corrected chi connectivity index (χ2v) is 5.18. The summed E-state index contributed by atoms with van der Waals surface area (Å²) < 4.78 is 0.884. The molecule has 2 aromatic heterocycles. The second-order valence-electron chi connectivity index (χ2n) is 4.37. The highest BCUT2D eigenvalue weighted by Gasteiger charge is 2.12. The fraction of sp³-hybridized carbons (Fsp3) is 0.417. The molecule has 1 aliphatic rings. The highest BCUT2D eigenvalue weighted by atomic mass is 79.9. The summed E-state index contributed by atoms with van der Waals surface area (Å²) in [4.78, 5) is 10.2. The Labute approximate surface area is 103 Å². The van der Waals surface area contributed by atoms with Gasteiger partial charge in [0.1, 0.15) is 4.60 Å². The molecule has 84 valence electrons. The largest absolute Gasteiger partial charge is 0.357 e. The third kappa shape index (κ3) is 1.99. The van der Waals surface area contributed by atoms with Gasteiger partial charge in [-0.25, -0.2) is 4.98 Å². The summed E-state index contributed by atoms with van der Waals surface area (Å²) in [6, 6.07) is 4.23. The van der Waals surface area contributed by atoms with E-state index in [1.807, 2.05) is 12.3 Å². The van der Waals surface area contributed by atoms with E-state index >= 15 is 0 Å². The Bertz CT molecular complexity index is 500. The highest BCUT2D eigenvalue weighted by molar-refractivity contribution is 9.10. The molecule has 3 rings (SSSR count). The SMILES string of the molecule is Brc1cc2[nH]c(CN3CCCC3)cc2cn1. The minimum absolute atomic E-state index is 0.884. The molecule has 16 heavy (non-hydrogen) atoms. The minimum Gasteiger partial charge on any atom is -0.357 e. The third-order valence-electron chi connectivity index (χ3n) is 3.12. The molecule has 4 heteroatoms.